The van der Waals surface area contributed by atoms with E-state index in [1.54, 1.807) is 4.90 Å². The fourth-order valence-electron chi connectivity index (χ4n) is 2.79. The number of hydrogen-bond acceptors (Lipinski definition) is 7. The molecule has 1 aromatic rings. The molecule has 2 amide bonds. The number of rotatable bonds is 6. The Balaban J connectivity index is 1.72. The molecular weight excluding hydrogens is 382 g/mol. The van der Waals surface area contributed by atoms with Gasteiger partial charge in [0.25, 0.3) is 11.2 Å². The number of pyridine rings is 1. The van der Waals surface area contributed by atoms with Crippen LogP contribution in [-0.2, 0) is 16.1 Å². The highest BCUT2D eigenvalue weighted by atomic mass is 16.6. The molecule has 1 N–H and O–H groups in total. The van der Waals surface area contributed by atoms with Crippen LogP contribution in [0.3, 0.4) is 0 Å². The van der Waals surface area contributed by atoms with Gasteiger partial charge in [0.2, 0.25) is 5.91 Å². The van der Waals surface area contributed by atoms with Crippen molar-refractivity contribution in [3.63, 3.8) is 0 Å². The maximum atomic E-state index is 12.0. The minimum atomic E-state index is -0.620. The van der Waals surface area contributed by atoms with Crippen molar-refractivity contribution in [3.8, 4) is 0 Å². The van der Waals surface area contributed by atoms with Gasteiger partial charge in [0.1, 0.15) is 12.1 Å². The van der Waals surface area contributed by atoms with Crippen molar-refractivity contribution in [1.82, 2.24) is 19.7 Å². The molecule has 1 aliphatic heterocycles. The van der Waals surface area contributed by atoms with Crippen molar-refractivity contribution in [2.75, 3.05) is 39.3 Å². The molecule has 0 radical (unpaired) electrons. The van der Waals surface area contributed by atoms with Gasteiger partial charge in [-0.1, -0.05) is 0 Å². The fourth-order valence-corrected chi connectivity index (χ4v) is 2.79. The van der Waals surface area contributed by atoms with E-state index in [1.807, 2.05) is 20.8 Å². The predicted octanol–water partition coefficient (Wildman–Crippen LogP) is 0.425. The topological polar surface area (TPSA) is 127 Å². The lowest BCUT2D eigenvalue weighted by molar-refractivity contribution is -0.385. The van der Waals surface area contributed by atoms with Gasteiger partial charge in [0, 0.05) is 51.4 Å². The zero-order valence-electron chi connectivity index (χ0n) is 16.9. The number of hydrogen-bond donors (Lipinski definition) is 1. The maximum absolute atomic E-state index is 12.0. The normalized spacial score (nSPS) is 15.1. The average molecular weight is 409 g/mol. The van der Waals surface area contributed by atoms with Gasteiger partial charge in [-0.3, -0.25) is 29.2 Å². The molecule has 0 unspecified atom stereocenters. The van der Waals surface area contributed by atoms with E-state index in [-0.39, 0.29) is 18.3 Å². The lowest BCUT2D eigenvalue weighted by Gasteiger charge is -2.35. The summed E-state index contributed by atoms with van der Waals surface area (Å²) >= 11 is 0. The van der Waals surface area contributed by atoms with Crippen molar-refractivity contribution >= 4 is 17.7 Å². The molecule has 0 spiro atoms. The molecule has 1 aromatic heterocycles. The lowest BCUT2D eigenvalue weighted by atomic mass is 10.2. The number of aromatic nitrogens is 1. The molecule has 2 heterocycles. The molecule has 1 fully saturated rings. The predicted molar refractivity (Wildman–Crippen MR) is 105 cm³/mol. The van der Waals surface area contributed by atoms with Crippen molar-refractivity contribution < 1.29 is 19.2 Å². The van der Waals surface area contributed by atoms with E-state index in [0.29, 0.717) is 39.3 Å². The van der Waals surface area contributed by atoms with E-state index in [1.165, 1.54) is 0 Å². The van der Waals surface area contributed by atoms with Gasteiger partial charge in [0.05, 0.1) is 11.1 Å². The molecule has 0 bridgehead atoms. The minimum absolute atomic E-state index is 0.250. The number of carbonyl (C=O) groups is 2. The third-order valence-corrected chi connectivity index (χ3v) is 4.27. The van der Waals surface area contributed by atoms with Crippen molar-refractivity contribution in [2.24, 2.45) is 0 Å². The fraction of sp³-hybridized carbons (Fsp3) is 0.611. The largest absolute Gasteiger partial charge is 0.444 e. The number of ether oxygens (including phenoxy) is 1. The van der Waals surface area contributed by atoms with Crippen LogP contribution < -0.4 is 10.9 Å². The first kappa shape index (κ1) is 22.3. The van der Waals surface area contributed by atoms with Crippen LogP contribution in [0.5, 0.6) is 0 Å². The van der Waals surface area contributed by atoms with Gasteiger partial charge in [-0.05, 0) is 20.8 Å². The lowest BCUT2D eigenvalue weighted by Crippen LogP contribution is -2.51. The number of piperazine rings is 1. The van der Waals surface area contributed by atoms with Crippen LogP contribution in [-0.4, -0.2) is 76.2 Å². The zero-order valence-corrected chi connectivity index (χ0v) is 16.9. The van der Waals surface area contributed by atoms with E-state index in [2.05, 4.69) is 10.2 Å². The molecule has 0 atom stereocenters. The first-order chi connectivity index (χ1) is 13.5. The van der Waals surface area contributed by atoms with Gasteiger partial charge in [0.15, 0.2) is 0 Å². The summed E-state index contributed by atoms with van der Waals surface area (Å²) in [4.78, 5) is 49.8. The van der Waals surface area contributed by atoms with E-state index < -0.39 is 22.0 Å². The van der Waals surface area contributed by atoms with Crippen molar-refractivity contribution in [1.29, 1.82) is 0 Å². The highest BCUT2D eigenvalue weighted by molar-refractivity contribution is 5.75. The van der Waals surface area contributed by atoms with Gasteiger partial charge < -0.3 is 15.0 Å². The SMILES string of the molecule is CC(C)(C)OC(=O)N1CCN(CCNC(=O)Cn2cc([N+](=O)[O-])ccc2=O)CC1. The summed E-state index contributed by atoms with van der Waals surface area (Å²) in [6, 6.07) is 2.17. The van der Waals surface area contributed by atoms with Crippen LogP contribution in [0.4, 0.5) is 10.5 Å². The summed E-state index contributed by atoms with van der Waals surface area (Å²) in [7, 11) is 0. The Labute approximate surface area is 168 Å². The molecule has 0 aromatic carbocycles. The van der Waals surface area contributed by atoms with E-state index >= 15 is 0 Å². The summed E-state index contributed by atoms with van der Waals surface area (Å²) in [5.74, 6) is -0.403. The quantitative estimate of drug-likeness (QED) is 0.533. The van der Waals surface area contributed by atoms with Crippen LogP contribution in [0, 0.1) is 10.1 Å². The van der Waals surface area contributed by atoms with E-state index in [0.717, 1.165) is 22.9 Å². The summed E-state index contributed by atoms with van der Waals surface area (Å²) in [6.07, 6.45) is 0.727. The molecule has 1 saturated heterocycles. The summed E-state index contributed by atoms with van der Waals surface area (Å²) in [5, 5.41) is 13.5. The first-order valence-electron chi connectivity index (χ1n) is 9.37. The third kappa shape index (κ3) is 7.18. The molecule has 11 heteroatoms. The van der Waals surface area contributed by atoms with Crippen LogP contribution in [0.15, 0.2) is 23.1 Å². The average Bonchev–Trinajstić information content (AvgIpc) is 2.62. The summed E-state index contributed by atoms with van der Waals surface area (Å²) < 4.78 is 6.36. The van der Waals surface area contributed by atoms with Gasteiger partial charge in [-0.25, -0.2) is 4.79 Å². The Morgan fingerprint density at radius 3 is 2.45 bits per heavy atom. The van der Waals surface area contributed by atoms with Crippen molar-refractivity contribution in [3.05, 3.63) is 38.8 Å². The molecule has 0 saturated carbocycles. The monoisotopic (exact) mass is 409 g/mol. The third-order valence-electron chi connectivity index (χ3n) is 4.27. The number of nitrogens with one attached hydrogen (secondary N) is 1. The standard InChI is InChI=1S/C18H27N5O6/c1-18(2,3)29-17(26)21-10-8-20(9-11-21)7-6-19-15(24)13-22-12-14(23(27)28)4-5-16(22)25/h4-5,12H,6-11,13H2,1-3H3,(H,19,24). The molecule has 2 rings (SSSR count). The Morgan fingerprint density at radius 2 is 1.86 bits per heavy atom. The molecule has 1 aliphatic rings. The first-order valence-corrected chi connectivity index (χ1v) is 9.37. The van der Waals surface area contributed by atoms with Crippen LogP contribution in [0.1, 0.15) is 20.8 Å². The second-order valence-electron chi connectivity index (χ2n) is 7.77. The molecule has 11 nitrogen and oxygen atoms in total. The second kappa shape index (κ2) is 9.50. The molecule has 160 valence electrons. The molecule has 0 aliphatic carbocycles. The molecule has 29 heavy (non-hydrogen) atoms. The zero-order chi connectivity index (χ0) is 21.6. The summed E-state index contributed by atoms with van der Waals surface area (Å²) in [6.45, 7) is 8.58. The van der Waals surface area contributed by atoms with Crippen LogP contribution in [0.2, 0.25) is 0 Å². The minimum Gasteiger partial charge on any atom is -0.444 e. The Morgan fingerprint density at radius 1 is 1.21 bits per heavy atom. The smallest absolute Gasteiger partial charge is 0.410 e. The van der Waals surface area contributed by atoms with Crippen LogP contribution >= 0.6 is 0 Å². The highest BCUT2D eigenvalue weighted by Gasteiger charge is 2.25. The van der Waals surface area contributed by atoms with Crippen molar-refractivity contribution in [2.45, 2.75) is 32.9 Å². The summed E-state index contributed by atoms with van der Waals surface area (Å²) in [5.41, 5.74) is -1.26. The van der Waals surface area contributed by atoms with E-state index in [4.69, 9.17) is 4.74 Å². The maximum Gasteiger partial charge on any atom is 0.410 e. The highest BCUT2D eigenvalue weighted by Crippen LogP contribution is 2.11. The van der Waals surface area contributed by atoms with Gasteiger partial charge in [-0.2, -0.15) is 0 Å². The second-order valence-corrected chi connectivity index (χ2v) is 7.77. The van der Waals surface area contributed by atoms with Crippen LogP contribution in [0.25, 0.3) is 0 Å². The van der Waals surface area contributed by atoms with E-state index in [9.17, 15) is 24.5 Å². The van der Waals surface area contributed by atoms with Gasteiger partial charge >= 0.3 is 6.09 Å². The number of carbonyl (C=O) groups excluding carboxylic acids is 2. The Kier molecular flexibility index (Phi) is 7.32. The van der Waals surface area contributed by atoms with Gasteiger partial charge in [-0.15, -0.1) is 0 Å². The number of nitro groups is 1. The Bertz CT molecular complexity index is 808. The number of amides is 2. The molecular formula is C18H27N5O6. The Hall–Kier alpha value is -2.95. The number of nitrogens with zero attached hydrogens (tertiary/aromatic N) is 4.